The molecule has 0 aliphatic carbocycles. The van der Waals surface area contributed by atoms with Gasteiger partial charge in [0.25, 0.3) is 0 Å². The van der Waals surface area contributed by atoms with Crippen molar-refractivity contribution in [1.82, 2.24) is 15.1 Å². The first-order valence-electron chi connectivity index (χ1n) is 11.6. The lowest BCUT2D eigenvalue weighted by molar-refractivity contribution is 0.0270. The Kier molecular flexibility index (Phi) is 6.80. The van der Waals surface area contributed by atoms with Crippen LogP contribution in [-0.4, -0.2) is 47.0 Å². The monoisotopic (exact) mass is 489 g/mol. The first-order chi connectivity index (χ1) is 17.1. The van der Waals surface area contributed by atoms with Crippen LogP contribution in [0.2, 0.25) is 0 Å². The molecule has 2 aromatic carbocycles. The number of hydrogen-bond donors (Lipinski definition) is 1. The highest BCUT2D eigenvalue weighted by Gasteiger charge is 2.25. The quantitative estimate of drug-likeness (QED) is 0.500. The van der Waals surface area contributed by atoms with Gasteiger partial charge in [0.15, 0.2) is 5.69 Å². The third-order valence-electron chi connectivity index (χ3n) is 5.78. The van der Waals surface area contributed by atoms with Crippen molar-refractivity contribution in [2.45, 2.75) is 39.7 Å². The first kappa shape index (κ1) is 24.9. The minimum Gasteiger partial charge on any atom is -0.496 e. The molecule has 2 heterocycles. The molecule has 4 rings (SSSR count). The van der Waals surface area contributed by atoms with E-state index in [0.717, 1.165) is 16.7 Å². The van der Waals surface area contributed by atoms with Crippen LogP contribution in [0.25, 0.3) is 16.5 Å². The number of anilines is 2. The number of fused-ring (bicyclic) bond motifs is 1. The van der Waals surface area contributed by atoms with Crippen molar-refractivity contribution in [2.75, 3.05) is 25.5 Å². The van der Waals surface area contributed by atoms with Gasteiger partial charge in [-0.05, 0) is 63.5 Å². The van der Waals surface area contributed by atoms with Crippen molar-refractivity contribution in [3.8, 4) is 11.8 Å². The van der Waals surface area contributed by atoms with Gasteiger partial charge in [0, 0.05) is 30.1 Å². The fourth-order valence-corrected chi connectivity index (χ4v) is 4.02. The van der Waals surface area contributed by atoms with Crippen LogP contribution in [0, 0.1) is 24.1 Å². The van der Waals surface area contributed by atoms with E-state index in [1.165, 1.54) is 6.07 Å². The van der Waals surface area contributed by atoms with Gasteiger partial charge in [-0.3, -0.25) is 0 Å². The lowest BCUT2D eigenvalue weighted by atomic mass is 9.96. The van der Waals surface area contributed by atoms with Crippen LogP contribution in [-0.2, 0) is 4.74 Å². The summed E-state index contributed by atoms with van der Waals surface area (Å²) >= 11 is 0. The summed E-state index contributed by atoms with van der Waals surface area (Å²) in [5.41, 5.74) is 3.14. The number of benzene rings is 2. The number of rotatable bonds is 4. The predicted molar refractivity (Wildman–Crippen MR) is 136 cm³/mol. The van der Waals surface area contributed by atoms with Crippen LogP contribution in [0.3, 0.4) is 0 Å². The standard InChI is InChI=1S/C27H28FN5O3/c1-16-6-7-21(20(28)12-16)30-25-19-13-18(24(35-5)14-22(19)31-32-23(25)15-29)17-8-10-33(11-9-17)26(34)36-27(2,3)4/h6-8,12-14H,9-11H2,1-5H3,(H,30,31). The first-order valence-corrected chi connectivity index (χ1v) is 11.6. The van der Waals surface area contributed by atoms with Crippen LogP contribution >= 0.6 is 0 Å². The molecule has 1 amide bonds. The normalized spacial score (nSPS) is 13.7. The fraction of sp³-hybridized carbons (Fsp3) is 0.333. The van der Waals surface area contributed by atoms with Crippen molar-refractivity contribution in [2.24, 2.45) is 0 Å². The summed E-state index contributed by atoms with van der Waals surface area (Å²) in [5, 5.41) is 21.5. The SMILES string of the molecule is COc1cc2nnc(C#N)c(Nc3ccc(C)cc3F)c2cc1C1=CCN(C(=O)OC(C)(C)C)CC1. The number of ether oxygens (including phenoxy) is 2. The molecule has 36 heavy (non-hydrogen) atoms. The van der Waals surface area contributed by atoms with Gasteiger partial charge in [-0.15, -0.1) is 10.2 Å². The third-order valence-corrected chi connectivity index (χ3v) is 5.78. The molecule has 3 aromatic rings. The molecule has 8 nitrogen and oxygen atoms in total. The summed E-state index contributed by atoms with van der Waals surface area (Å²) in [6.07, 6.45) is 2.19. The summed E-state index contributed by atoms with van der Waals surface area (Å²) in [5.74, 6) is 0.153. The molecule has 0 radical (unpaired) electrons. The second-order valence-electron chi connectivity index (χ2n) is 9.62. The number of aromatic nitrogens is 2. The predicted octanol–water partition coefficient (Wildman–Crippen LogP) is 5.73. The zero-order chi connectivity index (χ0) is 26.0. The Morgan fingerprint density at radius 1 is 1.22 bits per heavy atom. The maximum Gasteiger partial charge on any atom is 0.410 e. The number of nitrogens with zero attached hydrogens (tertiary/aromatic N) is 4. The summed E-state index contributed by atoms with van der Waals surface area (Å²) in [4.78, 5) is 14.1. The van der Waals surface area contributed by atoms with E-state index in [2.05, 4.69) is 15.5 Å². The van der Waals surface area contributed by atoms with Gasteiger partial charge >= 0.3 is 6.09 Å². The van der Waals surface area contributed by atoms with Crippen molar-refractivity contribution in [1.29, 1.82) is 5.26 Å². The zero-order valence-corrected chi connectivity index (χ0v) is 21.0. The lowest BCUT2D eigenvalue weighted by Crippen LogP contribution is -2.39. The molecule has 9 heteroatoms. The van der Waals surface area contributed by atoms with Crippen LogP contribution in [0.5, 0.6) is 5.75 Å². The molecule has 1 aliphatic rings. The van der Waals surface area contributed by atoms with Crippen LogP contribution in [0.15, 0.2) is 36.4 Å². The molecule has 0 unspecified atom stereocenters. The molecule has 0 spiro atoms. The van der Waals surface area contributed by atoms with Gasteiger partial charge in [0.1, 0.15) is 23.2 Å². The largest absolute Gasteiger partial charge is 0.496 e. The van der Waals surface area contributed by atoms with Gasteiger partial charge < -0.3 is 19.7 Å². The molecule has 186 valence electrons. The van der Waals surface area contributed by atoms with E-state index < -0.39 is 11.4 Å². The van der Waals surface area contributed by atoms with E-state index in [0.29, 0.717) is 41.9 Å². The summed E-state index contributed by atoms with van der Waals surface area (Å²) in [6.45, 7) is 8.19. The molecule has 0 bridgehead atoms. The van der Waals surface area contributed by atoms with Crippen molar-refractivity contribution in [3.63, 3.8) is 0 Å². The second kappa shape index (κ2) is 9.82. The van der Waals surface area contributed by atoms with Gasteiger partial charge in [0.05, 0.1) is 24.0 Å². The third kappa shape index (κ3) is 5.23. The van der Waals surface area contributed by atoms with E-state index in [-0.39, 0.29) is 17.5 Å². The number of methoxy groups -OCH3 is 1. The Bertz CT molecular complexity index is 1410. The number of carbonyl (C=O) groups is 1. The van der Waals surface area contributed by atoms with Gasteiger partial charge in [-0.1, -0.05) is 12.1 Å². The summed E-state index contributed by atoms with van der Waals surface area (Å²) in [7, 11) is 1.57. The smallest absolute Gasteiger partial charge is 0.410 e. The van der Waals surface area contributed by atoms with Crippen LogP contribution < -0.4 is 10.1 Å². The number of hydrogen-bond acceptors (Lipinski definition) is 7. The highest BCUT2D eigenvalue weighted by Crippen LogP contribution is 2.37. The van der Waals surface area contributed by atoms with Gasteiger partial charge in [-0.25, -0.2) is 9.18 Å². The van der Waals surface area contributed by atoms with E-state index in [9.17, 15) is 14.4 Å². The highest BCUT2D eigenvalue weighted by molar-refractivity contribution is 5.98. The van der Waals surface area contributed by atoms with E-state index in [1.54, 1.807) is 37.1 Å². The maximum absolute atomic E-state index is 14.6. The Hall–Kier alpha value is -4.19. The Morgan fingerprint density at radius 3 is 2.61 bits per heavy atom. The van der Waals surface area contributed by atoms with Crippen molar-refractivity contribution < 1.29 is 18.7 Å². The average Bonchev–Trinajstić information content (AvgIpc) is 2.84. The highest BCUT2D eigenvalue weighted by atomic mass is 19.1. The van der Waals surface area contributed by atoms with Gasteiger partial charge in [-0.2, -0.15) is 5.26 Å². The Labute approximate surface area is 209 Å². The van der Waals surface area contributed by atoms with E-state index in [1.807, 2.05) is 39.0 Å². The number of halogens is 1. The topological polar surface area (TPSA) is 100 Å². The number of amides is 1. The van der Waals surface area contributed by atoms with E-state index in [4.69, 9.17) is 9.47 Å². The van der Waals surface area contributed by atoms with Gasteiger partial charge in [0.2, 0.25) is 0 Å². The molecule has 0 fully saturated rings. The molecular formula is C27H28FN5O3. The van der Waals surface area contributed by atoms with Crippen molar-refractivity contribution >= 4 is 33.9 Å². The van der Waals surface area contributed by atoms with Crippen molar-refractivity contribution in [3.05, 3.63) is 59.0 Å². The zero-order valence-electron chi connectivity index (χ0n) is 21.0. The molecule has 1 aliphatic heterocycles. The second-order valence-corrected chi connectivity index (χ2v) is 9.62. The number of nitrogens with one attached hydrogen (secondary N) is 1. The number of nitriles is 1. The average molecular weight is 490 g/mol. The van der Waals surface area contributed by atoms with Crippen LogP contribution in [0.1, 0.15) is 44.0 Å². The minimum absolute atomic E-state index is 0.0484. The minimum atomic E-state index is -0.567. The van der Waals surface area contributed by atoms with Crippen LogP contribution in [0.4, 0.5) is 20.6 Å². The molecular weight excluding hydrogens is 461 g/mol. The number of aryl methyl sites for hydroxylation is 1. The maximum atomic E-state index is 14.6. The Morgan fingerprint density at radius 2 is 2.00 bits per heavy atom. The number of carbonyl (C=O) groups excluding carboxylic acids is 1. The Balaban J connectivity index is 1.75. The molecule has 1 N–H and O–H groups in total. The van der Waals surface area contributed by atoms with E-state index >= 15 is 0 Å². The lowest BCUT2D eigenvalue weighted by Gasteiger charge is -2.30. The molecule has 0 atom stereocenters. The fourth-order valence-electron chi connectivity index (χ4n) is 4.02. The molecule has 0 saturated carbocycles. The summed E-state index contributed by atoms with van der Waals surface area (Å²) in [6, 6.07) is 10.5. The molecule has 0 saturated heterocycles. The molecule has 1 aromatic heterocycles. The summed E-state index contributed by atoms with van der Waals surface area (Å²) < 4.78 is 25.7.